The van der Waals surface area contributed by atoms with Crippen molar-refractivity contribution >= 4 is 28.9 Å². The van der Waals surface area contributed by atoms with Gasteiger partial charge in [0.05, 0.1) is 9.95 Å². The van der Waals surface area contributed by atoms with E-state index in [4.69, 9.17) is 27.9 Å². The third kappa shape index (κ3) is 3.33. The highest BCUT2D eigenvalue weighted by molar-refractivity contribution is 6.32. The van der Waals surface area contributed by atoms with Gasteiger partial charge in [-0.1, -0.05) is 35.3 Å². The van der Waals surface area contributed by atoms with Gasteiger partial charge in [-0.25, -0.2) is 4.98 Å². The summed E-state index contributed by atoms with van der Waals surface area (Å²) in [6.07, 6.45) is 1.53. The van der Waals surface area contributed by atoms with Crippen LogP contribution in [0.25, 0.3) is 0 Å². The van der Waals surface area contributed by atoms with Crippen molar-refractivity contribution in [3.05, 3.63) is 62.4 Å². The molecule has 2 rings (SSSR count). The van der Waals surface area contributed by atoms with Crippen LogP contribution in [-0.4, -0.2) is 9.91 Å². The number of ether oxygens (including phenoxy) is 1. The van der Waals surface area contributed by atoms with Gasteiger partial charge in [-0.3, -0.25) is 10.1 Å². The van der Waals surface area contributed by atoms with Gasteiger partial charge in [-0.2, -0.15) is 0 Å². The molecular formula is C12H8Cl2N2O3. The minimum Gasteiger partial charge on any atom is -0.481 e. The van der Waals surface area contributed by atoms with Crippen molar-refractivity contribution in [3.8, 4) is 5.75 Å². The third-order valence-electron chi connectivity index (χ3n) is 2.31. The van der Waals surface area contributed by atoms with Crippen molar-refractivity contribution in [2.45, 2.75) is 6.61 Å². The van der Waals surface area contributed by atoms with Gasteiger partial charge < -0.3 is 4.74 Å². The summed E-state index contributed by atoms with van der Waals surface area (Å²) in [5.41, 5.74) is 0.563. The van der Waals surface area contributed by atoms with Gasteiger partial charge in [0.2, 0.25) is 5.75 Å². The summed E-state index contributed by atoms with van der Waals surface area (Å²) in [6, 6.07) is 7.70. The molecule has 0 bridgehead atoms. The zero-order valence-corrected chi connectivity index (χ0v) is 11.1. The van der Waals surface area contributed by atoms with Crippen molar-refractivity contribution in [1.82, 2.24) is 4.98 Å². The topological polar surface area (TPSA) is 65.3 Å². The van der Waals surface area contributed by atoms with E-state index in [1.165, 1.54) is 24.4 Å². The molecule has 2 aromatic rings. The molecular weight excluding hydrogens is 291 g/mol. The van der Waals surface area contributed by atoms with Crippen LogP contribution in [0.15, 0.2) is 36.5 Å². The molecule has 0 aliphatic carbocycles. The number of benzene rings is 1. The summed E-state index contributed by atoms with van der Waals surface area (Å²) in [6.45, 7) is 0.120. The minimum absolute atomic E-state index is 0.0455. The zero-order chi connectivity index (χ0) is 13.8. The number of nitro groups is 1. The van der Waals surface area contributed by atoms with Crippen LogP contribution in [0, 0.1) is 10.1 Å². The molecule has 19 heavy (non-hydrogen) atoms. The highest BCUT2D eigenvalue weighted by Crippen LogP contribution is 2.34. The normalized spacial score (nSPS) is 10.2. The second kappa shape index (κ2) is 5.86. The smallest absolute Gasteiger partial charge is 0.312 e. The Morgan fingerprint density at radius 3 is 2.68 bits per heavy atom. The number of halogens is 2. The molecule has 0 aliphatic heterocycles. The molecule has 0 radical (unpaired) electrons. The number of nitro benzene ring substituents is 1. The summed E-state index contributed by atoms with van der Waals surface area (Å²) in [4.78, 5) is 14.2. The zero-order valence-electron chi connectivity index (χ0n) is 9.55. The highest BCUT2D eigenvalue weighted by atomic mass is 35.5. The number of hydrogen-bond acceptors (Lipinski definition) is 4. The lowest BCUT2D eigenvalue weighted by atomic mass is 10.3. The fourth-order valence-electron chi connectivity index (χ4n) is 1.43. The fourth-order valence-corrected chi connectivity index (χ4v) is 1.77. The monoisotopic (exact) mass is 298 g/mol. The third-order valence-corrected chi connectivity index (χ3v) is 2.84. The molecule has 0 fully saturated rings. The molecule has 1 aromatic heterocycles. The van der Waals surface area contributed by atoms with Crippen LogP contribution < -0.4 is 4.74 Å². The summed E-state index contributed by atoms with van der Waals surface area (Å²) in [5.74, 6) is 0.0455. The Hall–Kier alpha value is -1.85. The van der Waals surface area contributed by atoms with Crippen LogP contribution in [0.1, 0.15) is 5.56 Å². The summed E-state index contributed by atoms with van der Waals surface area (Å²) in [7, 11) is 0. The van der Waals surface area contributed by atoms with Crippen LogP contribution >= 0.6 is 23.2 Å². The Labute approximate surface area is 118 Å². The minimum atomic E-state index is -0.540. The number of aromatic nitrogens is 1. The van der Waals surface area contributed by atoms with Crippen molar-refractivity contribution in [2.75, 3.05) is 0 Å². The van der Waals surface area contributed by atoms with E-state index in [0.717, 1.165) is 5.56 Å². The van der Waals surface area contributed by atoms with Crippen LogP contribution in [-0.2, 0) is 6.61 Å². The average molecular weight is 299 g/mol. The highest BCUT2D eigenvalue weighted by Gasteiger charge is 2.18. The molecule has 1 heterocycles. The van der Waals surface area contributed by atoms with E-state index in [0.29, 0.717) is 5.15 Å². The van der Waals surface area contributed by atoms with Crippen molar-refractivity contribution in [3.63, 3.8) is 0 Å². The Bertz CT molecular complexity index is 602. The average Bonchev–Trinajstić information content (AvgIpc) is 2.39. The van der Waals surface area contributed by atoms with Crippen LogP contribution in [0.3, 0.4) is 0 Å². The van der Waals surface area contributed by atoms with E-state index < -0.39 is 4.92 Å². The van der Waals surface area contributed by atoms with Crippen LogP contribution in [0.2, 0.25) is 10.2 Å². The molecule has 1 aromatic carbocycles. The molecule has 0 N–H and O–H groups in total. The predicted molar refractivity (Wildman–Crippen MR) is 71.7 cm³/mol. The maximum atomic E-state index is 10.9. The second-order valence-electron chi connectivity index (χ2n) is 3.62. The van der Waals surface area contributed by atoms with Gasteiger partial charge in [0.25, 0.3) is 0 Å². The first kappa shape index (κ1) is 13.6. The number of para-hydroxylation sites is 1. The Morgan fingerprint density at radius 1 is 1.26 bits per heavy atom. The van der Waals surface area contributed by atoms with E-state index in [1.807, 2.05) is 0 Å². The number of nitrogens with zero attached hydrogens (tertiary/aromatic N) is 2. The summed E-state index contributed by atoms with van der Waals surface area (Å²) < 4.78 is 5.40. The van der Waals surface area contributed by atoms with Crippen LogP contribution in [0.5, 0.6) is 5.75 Å². The first-order valence-electron chi connectivity index (χ1n) is 5.24. The van der Waals surface area contributed by atoms with Crippen molar-refractivity contribution in [1.29, 1.82) is 0 Å². The first-order chi connectivity index (χ1) is 9.08. The summed E-state index contributed by atoms with van der Waals surface area (Å²) >= 11 is 11.6. The molecule has 0 unspecified atom stereocenters. The van der Waals surface area contributed by atoms with Crippen LogP contribution in [0.4, 0.5) is 5.69 Å². The quantitative estimate of drug-likeness (QED) is 0.488. The molecule has 0 aliphatic rings. The molecule has 0 atom stereocenters. The van der Waals surface area contributed by atoms with Gasteiger partial charge in [0.1, 0.15) is 11.8 Å². The van der Waals surface area contributed by atoms with E-state index >= 15 is 0 Å². The fraction of sp³-hybridized carbons (Fsp3) is 0.0833. The molecule has 0 saturated carbocycles. The van der Waals surface area contributed by atoms with Gasteiger partial charge in [0.15, 0.2) is 0 Å². The molecule has 98 valence electrons. The van der Waals surface area contributed by atoms with Gasteiger partial charge >= 0.3 is 5.69 Å². The van der Waals surface area contributed by atoms with Gasteiger partial charge in [-0.15, -0.1) is 0 Å². The lowest BCUT2D eigenvalue weighted by Crippen LogP contribution is -2.00. The van der Waals surface area contributed by atoms with Crippen molar-refractivity contribution in [2.24, 2.45) is 0 Å². The number of hydrogen-bond donors (Lipinski definition) is 0. The maximum Gasteiger partial charge on any atom is 0.312 e. The molecule has 0 saturated heterocycles. The van der Waals surface area contributed by atoms with Crippen molar-refractivity contribution < 1.29 is 9.66 Å². The Kier molecular flexibility index (Phi) is 4.19. The molecule has 7 heteroatoms. The predicted octanol–water partition coefficient (Wildman–Crippen LogP) is 3.88. The number of rotatable bonds is 4. The molecule has 5 nitrogen and oxygen atoms in total. The van der Waals surface area contributed by atoms with Gasteiger partial charge in [-0.05, 0) is 12.1 Å². The lowest BCUT2D eigenvalue weighted by Gasteiger charge is -2.08. The van der Waals surface area contributed by atoms with Gasteiger partial charge in [0, 0.05) is 17.8 Å². The standard InChI is InChI=1S/C12H8Cl2N2O3/c13-9-2-1-3-10(16(17)18)12(9)19-7-8-4-5-11(14)15-6-8/h1-6H,7H2. The molecule has 0 spiro atoms. The number of pyridine rings is 1. The largest absolute Gasteiger partial charge is 0.481 e. The van der Waals surface area contributed by atoms with E-state index in [1.54, 1.807) is 12.1 Å². The molecule has 0 amide bonds. The lowest BCUT2D eigenvalue weighted by molar-refractivity contribution is -0.385. The van der Waals surface area contributed by atoms with E-state index in [2.05, 4.69) is 4.98 Å². The maximum absolute atomic E-state index is 10.9. The Morgan fingerprint density at radius 2 is 2.05 bits per heavy atom. The SMILES string of the molecule is O=[N+]([O-])c1cccc(Cl)c1OCc1ccc(Cl)nc1. The first-order valence-corrected chi connectivity index (χ1v) is 5.99. The second-order valence-corrected chi connectivity index (χ2v) is 4.42. The Balaban J connectivity index is 2.19. The van der Waals surface area contributed by atoms with E-state index in [-0.39, 0.29) is 23.1 Å². The summed E-state index contributed by atoms with van der Waals surface area (Å²) in [5, 5.41) is 11.4. The van der Waals surface area contributed by atoms with E-state index in [9.17, 15) is 10.1 Å².